The molecular formula is C33H33Cl2N7O6S. The zero-order valence-electron chi connectivity index (χ0n) is 26.4. The van der Waals surface area contributed by atoms with Crippen molar-refractivity contribution >= 4 is 61.9 Å². The van der Waals surface area contributed by atoms with Crippen molar-refractivity contribution in [3.8, 4) is 5.75 Å². The molecule has 2 amide bonds. The summed E-state index contributed by atoms with van der Waals surface area (Å²) in [4.78, 5) is 38.8. The molecule has 2 aliphatic heterocycles. The predicted octanol–water partition coefficient (Wildman–Crippen LogP) is 4.06. The van der Waals surface area contributed by atoms with Crippen molar-refractivity contribution in [2.75, 3.05) is 32.7 Å². The Labute approximate surface area is 292 Å². The number of fused-ring (bicyclic) bond motifs is 1. The SMILES string of the molecule is Cc1cnc2cccc(OCc3c(Cl)ccc(S(=O)(=O)N4CCCC4C(=O)N4CCN(C(=O)c5ccc(/C(N)=N\O)cc5)CC4)c3Cl)c2n1. The topological polar surface area (TPSA) is 172 Å². The lowest BCUT2D eigenvalue weighted by molar-refractivity contribution is -0.136. The number of nitrogens with zero attached hydrogens (tertiary/aromatic N) is 6. The Balaban J connectivity index is 1.14. The van der Waals surface area contributed by atoms with Gasteiger partial charge in [0.2, 0.25) is 15.9 Å². The Morgan fingerprint density at radius 3 is 2.41 bits per heavy atom. The van der Waals surface area contributed by atoms with Crippen molar-refractivity contribution < 1.29 is 28.0 Å². The van der Waals surface area contributed by atoms with Crippen LogP contribution in [0, 0.1) is 6.92 Å². The van der Waals surface area contributed by atoms with E-state index in [1.165, 1.54) is 16.4 Å². The third-order valence-corrected chi connectivity index (χ3v) is 11.5. The van der Waals surface area contributed by atoms with Gasteiger partial charge in [-0.05, 0) is 56.2 Å². The lowest BCUT2D eigenvalue weighted by Gasteiger charge is -2.37. The quantitative estimate of drug-likeness (QED) is 0.118. The second-order valence-corrected chi connectivity index (χ2v) is 14.4. The van der Waals surface area contributed by atoms with Crippen LogP contribution < -0.4 is 10.5 Å². The molecule has 1 atom stereocenters. The average molecular weight is 727 g/mol. The van der Waals surface area contributed by atoms with Gasteiger partial charge in [0.05, 0.1) is 16.2 Å². The summed E-state index contributed by atoms with van der Waals surface area (Å²) in [6, 6.07) is 13.6. The second-order valence-electron chi connectivity index (χ2n) is 11.7. The highest BCUT2D eigenvalue weighted by molar-refractivity contribution is 7.89. The van der Waals surface area contributed by atoms with E-state index < -0.39 is 16.1 Å². The highest BCUT2D eigenvalue weighted by Crippen LogP contribution is 2.37. The van der Waals surface area contributed by atoms with E-state index in [2.05, 4.69) is 15.1 Å². The number of rotatable bonds is 8. The maximum Gasteiger partial charge on any atom is 0.253 e. The van der Waals surface area contributed by atoms with Gasteiger partial charge in [-0.25, -0.2) is 13.4 Å². The number of hydrogen-bond acceptors (Lipinski definition) is 9. The summed E-state index contributed by atoms with van der Waals surface area (Å²) in [5, 5.41) is 12.0. The molecule has 256 valence electrons. The fourth-order valence-electron chi connectivity index (χ4n) is 6.04. The highest BCUT2D eigenvalue weighted by atomic mass is 35.5. The van der Waals surface area contributed by atoms with Crippen LogP contribution in [-0.2, 0) is 21.4 Å². The molecule has 2 fully saturated rings. The molecule has 0 radical (unpaired) electrons. The van der Waals surface area contributed by atoms with Gasteiger partial charge in [-0.15, -0.1) is 0 Å². The third kappa shape index (κ3) is 6.86. The fourth-order valence-corrected chi connectivity index (χ4v) is 8.55. The van der Waals surface area contributed by atoms with E-state index in [9.17, 15) is 18.0 Å². The van der Waals surface area contributed by atoms with E-state index in [4.69, 9.17) is 38.9 Å². The molecule has 4 aromatic rings. The van der Waals surface area contributed by atoms with Crippen molar-refractivity contribution in [1.29, 1.82) is 0 Å². The van der Waals surface area contributed by atoms with Crippen LogP contribution in [0.1, 0.15) is 40.0 Å². The summed E-state index contributed by atoms with van der Waals surface area (Å²) in [6.45, 7) is 2.89. The normalized spacial score (nSPS) is 17.4. The molecule has 49 heavy (non-hydrogen) atoms. The number of ether oxygens (including phenoxy) is 1. The largest absolute Gasteiger partial charge is 0.486 e. The molecular weight excluding hydrogens is 693 g/mol. The number of aromatic nitrogens is 2. The van der Waals surface area contributed by atoms with Crippen LogP contribution in [0.3, 0.4) is 0 Å². The van der Waals surface area contributed by atoms with Crippen LogP contribution in [0.2, 0.25) is 10.0 Å². The summed E-state index contributed by atoms with van der Waals surface area (Å²) in [5.74, 6) is -0.164. The molecule has 6 rings (SSSR count). The van der Waals surface area contributed by atoms with E-state index >= 15 is 0 Å². The van der Waals surface area contributed by atoms with Gasteiger partial charge >= 0.3 is 0 Å². The van der Waals surface area contributed by atoms with Crippen LogP contribution in [-0.4, -0.2) is 94.1 Å². The van der Waals surface area contributed by atoms with Gasteiger partial charge in [0.1, 0.15) is 28.8 Å². The fraction of sp³-hybridized carbons (Fsp3) is 0.303. The molecule has 3 N–H and O–H groups in total. The zero-order chi connectivity index (χ0) is 34.9. The number of piperazine rings is 1. The monoisotopic (exact) mass is 725 g/mol. The smallest absolute Gasteiger partial charge is 0.253 e. The van der Waals surface area contributed by atoms with E-state index in [-0.39, 0.29) is 77.5 Å². The van der Waals surface area contributed by atoms with Crippen LogP contribution in [0.15, 0.2) is 70.8 Å². The molecule has 3 heterocycles. The second kappa shape index (κ2) is 14.2. The minimum Gasteiger partial charge on any atom is -0.486 e. The molecule has 0 saturated carbocycles. The number of oxime groups is 1. The third-order valence-electron chi connectivity index (χ3n) is 8.67. The summed E-state index contributed by atoms with van der Waals surface area (Å²) in [7, 11) is -4.22. The van der Waals surface area contributed by atoms with Gasteiger partial charge in [-0.1, -0.05) is 46.6 Å². The average Bonchev–Trinajstić information content (AvgIpc) is 3.62. The van der Waals surface area contributed by atoms with Gasteiger partial charge < -0.3 is 25.5 Å². The first-order valence-electron chi connectivity index (χ1n) is 15.5. The molecule has 2 aliphatic rings. The van der Waals surface area contributed by atoms with Crippen LogP contribution in [0.25, 0.3) is 11.0 Å². The van der Waals surface area contributed by atoms with Gasteiger partial charge in [0.15, 0.2) is 5.84 Å². The molecule has 3 aromatic carbocycles. The lowest BCUT2D eigenvalue weighted by atomic mass is 10.1. The van der Waals surface area contributed by atoms with Crippen molar-refractivity contribution in [1.82, 2.24) is 24.1 Å². The first-order valence-corrected chi connectivity index (χ1v) is 17.7. The number of para-hydroxylation sites is 1. The van der Waals surface area contributed by atoms with Crippen molar-refractivity contribution in [2.45, 2.75) is 37.3 Å². The summed E-state index contributed by atoms with van der Waals surface area (Å²) in [6.07, 6.45) is 2.51. The number of aryl methyl sites for hydroxylation is 1. The number of halogens is 2. The summed E-state index contributed by atoms with van der Waals surface area (Å²) in [5.41, 5.74) is 8.69. The predicted molar refractivity (Wildman–Crippen MR) is 183 cm³/mol. The maximum absolute atomic E-state index is 14.1. The van der Waals surface area contributed by atoms with Gasteiger partial charge in [0, 0.05) is 60.6 Å². The van der Waals surface area contributed by atoms with Gasteiger partial charge in [0.25, 0.3) is 5.91 Å². The standard InChI is InChI=1S/C33H33Cl2N7O6S/c1-20-18-37-25-4-2-6-27(30(25)38-20)48-19-23-24(34)11-12-28(29(23)35)49(46,47)42-13-3-5-26(42)33(44)41-16-14-40(15-17-41)32(43)22-9-7-21(8-10-22)31(36)39-45/h2,4,6-12,18,26,45H,3,5,13-17,19H2,1H3,(H2,36,39). The molecule has 1 unspecified atom stereocenters. The molecule has 1 aromatic heterocycles. The van der Waals surface area contributed by atoms with Gasteiger partial charge in [-0.3, -0.25) is 14.6 Å². The first-order chi connectivity index (χ1) is 23.5. The van der Waals surface area contributed by atoms with E-state index in [0.717, 1.165) is 0 Å². The number of carbonyl (C=O) groups excluding carboxylic acids is 2. The first kappa shape index (κ1) is 34.4. The molecule has 16 heteroatoms. The maximum atomic E-state index is 14.1. The Morgan fingerprint density at radius 2 is 1.69 bits per heavy atom. The van der Waals surface area contributed by atoms with Crippen molar-refractivity contribution in [3.63, 3.8) is 0 Å². The minimum absolute atomic E-state index is 0.0652. The van der Waals surface area contributed by atoms with Crippen LogP contribution in [0.4, 0.5) is 0 Å². The molecule has 0 spiro atoms. The Kier molecular flexibility index (Phi) is 9.93. The summed E-state index contributed by atoms with van der Waals surface area (Å²) >= 11 is 13.2. The zero-order valence-corrected chi connectivity index (χ0v) is 28.7. The number of hydrogen-bond donors (Lipinski definition) is 2. The number of amides is 2. The van der Waals surface area contributed by atoms with E-state index in [1.807, 2.05) is 13.0 Å². The minimum atomic E-state index is -4.22. The van der Waals surface area contributed by atoms with E-state index in [0.29, 0.717) is 46.4 Å². The Hall–Kier alpha value is -4.50. The number of carbonyl (C=O) groups is 2. The Morgan fingerprint density at radius 1 is 1.00 bits per heavy atom. The number of benzene rings is 3. The molecule has 2 saturated heterocycles. The van der Waals surface area contributed by atoms with Crippen LogP contribution >= 0.6 is 23.2 Å². The molecule has 0 bridgehead atoms. The summed E-state index contributed by atoms with van der Waals surface area (Å²) < 4.78 is 35.4. The van der Waals surface area contributed by atoms with Crippen LogP contribution in [0.5, 0.6) is 5.75 Å². The highest BCUT2D eigenvalue weighted by Gasteiger charge is 2.43. The molecule has 13 nitrogen and oxygen atoms in total. The number of amidine groups is 1. The van der Waals surface area contributed by atoms with Crippen molar-refractivity contribution in [2.24, 2.45) is 10.9 Å². The lowest BCUT2D eigenvalue weighted by Crippen LogP contribution is -2.55. The van der Waals surface area contributed by atoms with E-state index in [1.54, 1.807) is 52.4 Å². The number of sulfonamides is 1. The molecule has 0 aliphatic carbocycles. The van der Waals surface area contributed by atoms with Crippen molar-refractivity contribution in [3.05, 3.63) is 93.2 Å². The van der Waals surface area contributed by atoms with Gasteiger partial charge in [-0.2, -0.15) is 4.31 Å². The number of nitrogens with two attached hydrogens (primary N) is 1. The Bertz CT molecular complexity index is 2050.